The fourth-order valence-electron chi connectivity index (χ4n) is 3.55. The molecule has 1 aromatic heterocycles. The lowest BCUT2D eigenvalue weighted by molar-refractivity contribution is -0.119. The van der Waals surface area contributed by atoms with Gasteiger partial charge in [0.15, 0.2) is 0 Å². The zero-order valence-electron chi connectivity index (χ0n) is 15.2. The minimum absolute atomic E-state index is 0.135. The van der Waals surface area contributed by atoms with Crippen molar-refractivity contribution in [2.45, 2.75) is 25.3 Å². The summed E-state index contributed by atoms with van der Waals surface area (Å²) in [5.41, 5.74) is 2.22. The summed E-state index contributed by atoms with van der Waals surface area (Å²) >= 11 is 0. The van der Waals surface area contributed by atoms with Crippen LogP contribution in [0.1, 0.15) is 24.4 Å². The van der Waals surface area contributed by atoms with E-state index < -0.39 is 0 Å². The smallest absolute Gasteiger partial charge is 0.227 e. The first-order valence-corrected chi connectivity index (χ1v) is 9.36. The van der Waals surface area contributed by atoms with E-state index in [0.29, 0.717) is 26.0 Å². The fraction of sp³-hybridized carbons (Fsp3) is 0.273. The summed E-state index contributed by atoms with van der Waals surface area (Å²) in [5, 5.41) is 4.37. The van der Waals surface area contributed by atoms with Gasteiger partial charge in [0.2, 0.25) is 5.91 Å². The second-order valence-electron chi connectivity index (χ2n) is 6.74. The quantitative estimate of drug-likeness (QED) is 0.626. The molecule has 0 bridgehead atoms. The van der Waals surface area contributed by atoms with Crippen LogP contribution in [0.5, 0.6) is 5.75 Å². The Morgan fingerprint density at radius 3 is 2.70 bits per heavy atom. The number of ether oxygens (including phenoxy) is 1. The predicted molar refractivity (Wildman–Crippen MR) is 105 cm³/mol. The third kappa shape index (κ3) is 4.03. The van der Waals surface area contributed by atoms with Gasteiger partial charge in [-0.1, -0.05) is 36.4 Å². The lowest BCUT2D eigenvalue weighted by Gasteiger charge is -2.34. The second-order valence-corrected chi connectivity index (χ2v) is 6.74. The van der Waals surface area contributed by atoms with Gasteiger partial charge in [0, 0.05) is 31.0 Å². The molecule has 5 nitrogen and oxygen atoms in total. The molecule has 5 heteroatoms. The first-order chi connectivity index (χ1) is 13.3. The van der Waals surface area contributed by atoms with E-state index >= 15 is 0 Å². The van der Waals surface area contributed by atoms with Crippen molar-refractivity contribution in [3.8, 4) is 5.75 Å². The summed E-state index contributed by atoms with van der Waals surface area (Å²) in [6.45, 7) is 1.19. The van der Waals surface area contributed by atoms with Crippen LogP contribution in [0.3, 0.4) is 0 Å². The molecule has 0 saturated heterocycles. The number of benzene rings is 2. The number of carbonyl (C=O) groups is 1. The lowest BCUT2D eigenvalue weighted by atomic mass is 9.97. The molecule has 1 amide bonds. The Morgan fingerprint density at radius 2 is 1.89 bits per heavy atom. The van der Waals surface area contributed by atoms with Gasteiger partial charge in [-0.3, -0.25) is 9.48 Å². The zero-order valence-corrected chi connectivity index (χ0v) is 15.2. The maximum absolute atomic E-state index is 12.9. The number of carbonyl (C=O) groups excluding carboxylic acids is 1. The summed E-state index contributed by atoms with van der Waals surface area (Å²) in [6.07, 6.45) is 5.80. The Balaban J connectivity index is 1.40. The molecule has 0 fully saturated rings. The molecule has 0 unspecified atom stereocenters. The van der Waals surface area contributed by atoms with Crippen molar-refractivity contribution in [3.05, 3.63) is 78.6 Å². The molecule has 0 radical (unpaired) electrons. The van der Waals surface area contributed by atoms with Crippen molar-refractivity contribution in [1.29, 1.82) is 0 Å². The van der Waals surface area contributed by atoms with E-state index in [1.54, 1.807) is 6.20 Å². The highest BCUT2D eigenvalue weighted by molar-refractivity contribution is 5.94. The van der Waals surface area contributed by atoms with Crippen molar-refractivity contribution in [1.82, 2.24) is 9.78 Å². The van der Waals surface area contributed by atoms with Crippen LogP contribution in [0.25, 0.3) is 0 Å². The monoisotopic (exact) mass is 361 g/mol. The van der Waals surface area contributed by atoms with Crippen LogP contribution < -0.4 is 9.64 Å². The number of rotatable bonds is 6. The molecule has 0 saturated carbocycles. The second kappa shape index (κ2) is 8.08. The largest absolute Gasteiger partial charge is 0.494 e. The Kier molecular flexibility index (Phi) is 5.19. The van der Waals surface area contributed by atoms with Gasteiger partial charge >= 0.3 is 0 Å². The molecule has 0 N–H and O–H groups in total. The van der Waals surface area contributed by atoms with Crippen molar-refractivity contribution in [3.63, 3.8) is 0 Å². The molecule has 3 aromatic rings. The van der Waals surface area contributed by atoms with Gasteiger partial charge in [-0.15, -0.1) is 0 Å². The molecule has 1 atom stereocenters. The minimum atomic E-state index is 0.135. The van der Waals surface area contributed by atoms with Crippen LogP contribution in [0, 0.1) is 0 Å². The molecule has 0 aliphatic carbocycles. The van der Waals surface area contributed by atoms with Crippen molar-refractivity contribution in [2.75, 3.05) is 18.1 Å². The van der Waals surface area contributed by atoms with E-state index in [1.807, 2.05) is 70.4 Å². The zero-order chi connectivity index (χ0) is 18.5. The van der Waals surface area contributed by atoms with Crippen LogP contribution in [-0.4, -0.2) is 28.8 Å². The molecule has 0 spiro atoms. The number of para-hydroxylation sites is 2. The van der Waals surface area contributed by atoms with Crippen LogP contribution in [0.15, 0.2) is 73.1 Å². The van der Waals surface area contributed by atoms with Crippen LogP contribution in [0.4, 0.5) is 5.69 Å². The van der Waals surface area contributed by atoms with E-state index in [9.17, 15) is 4.79 Å². The van der Waals surface area contributed by atoms with Crippen LogP contribution in [-0.2, 0) is 11.2 Å². The van der Waals surface area contributed by atoms with Crippen molar-refractivity contribution in [2.24, 2.45) is 0 Å². The highest BCUT2D eigenvalue weighted by Gasteiger charge is 2.29. The molecular formula is C22H23N3O2. The van der Waals surface area contributed by atoms with Gasteiger partial charge in [-0.25, -0.2) is 0 Å². The van der Waals surface area contributed by atoms with E-state index in [2.05, 4.69) is 11.2 Å². The summed E-state index contributed by atoms with van der Waals surface area (Å²) in [5.74, 6) is 0.975. The van der Waals surface area contributed by atoms with Gasteiger partial charge < -0.3 is 9.64 Å². The molecule has 4 rings (SSSR count). The normalized spacial score (nSPS) is 16.0. The number of anilines is 1. The van der Waals surface area contributed by atoms with Crippen LogP contribution in [0.2, 0.25) is 0 Å². The highest BCUT2D eigenvalue weighted by atomic mass is 16.5. The molecule has 27 heavy (non-hydrogen) atoms. The molecule has 2 heterocycles. The Labute approximate surface area is 159 Å². The van der Waals surface area contributed by atoms with Gasteiger partial charge in [0.05, 0.1) is 12.6 Å². The number of amides is 1. The van der Waals surface area contributed by atoms with Gasteiger partial charge in [0.25, 0.3) is 0 Å². The average molecular weight is 361 g/mol. The van der Waals surface area contributed by atoms with Crippen molar-refractivity contribution < 1.29 is 9.53 Å². The Bertz CT molecular complexity index is 878. The van der Waals surface area contributed by atoms with Gasteiger partial charge in [-0.2, -0.15) is 5.10 Å². The van der Waals surface area contributed by atoms with Gasteiger partial charge in [0.1, 0.15) is 5.75 Å². The summed E-state index contributed by atoms with van der Waals surface area (Å²) in [7, 11) is 0. The number of hydrogen-bond donors (Lipinski definition) is 0. The van der Waals surface area contributed by atoms with E-state index in [0.717, 1.165) is 17.9 Å². The molecule has 138 valence electrons. The molecule has 2 aromatic carbocycles. The minimum Gasteiger partial charge on any atom is -0.494 e. The van der Waals surface area contributed by atoms with Crippen molar-refractivity contribution >= 4 is 11.6 Å². The summed E-state index contributed by atoms with van der Waals surface area (Å²) < 4.78 is 7.66. The maximum atomic E-state index is 12.9. The summed E-state index contributed by atoms with van der Waals surface area (Å²) in [4.78, 5) is 14.8. The number of hydrogen-bond acceptors (Lipinski definition) is 3. The third-order valence-corrected chi connectivity index (χ3v) is 4.88. The average Bonchev–Trinajstić information content (AvgIpc) is 3.26. The third-order valence-electron chi connectivity index (χ3n) is 4.88. The maximum Gasteiger partial charge on any atom is 0.227 e. The molecule has 1 aliphatic rings. The Morgan fingerprint density at radius 1 is 1.07 bits per heavy atom. The van der Waals surface area contributed by atoms with E-state index in [4.69, 9.17) is 4.74 Å². The summed E-state index contributed by atoms with van der Waals surface area (Å²) in [6, 6.07) is 20.0. The highest BCUT2D eigenvalue weighted by Crippen LogP contribution is 2.32. The fourth-order valence-corrected chi connectivity index (χ4v) is 3.55. The number of fused-ring (bicyclic) bond motifs is 1. The first kappa shape index (κ1) is 17.3. The SMILES string of the molecule is O=C(CCCOc1ccccc1)N1C[C@@H](n2cccn2)Cc2ccccc21. The van der Waals surface area contributed by atoms with Gasteiger partial charge in [-0.05, 0) is 42.7 Å². The first-order valence-electron chi connectivity index (χ1n) is 9.36. The molecule has 1 aliphatic heterocycles. The predicted octanol–water partition coefficient (Wildman–Crippen LogP) is 3.87. The Hall–Kier alpha value is -3.08. The number of nitrogens with zero attached hydrogens (tertiary/aromatic N) is 3. The van der Waals surface area contributed by atoms with E-state index in [1.165, 1.54) is 5.56 Å². The topological polar surface area (TPSA) is 47.4 Å². The number of aromatic nitrogens is 2. The van der Waals surface area contributed by atoms with Crippen LogP contribution >= 0.6 is 0 Å². The van der Waals surface area contributed by atoms with E-state index in [-0.39, 0.29) is 11.9 Å². The standard InChI is InChI=1S/C22H23N3O2/c26-22(12-6-15-27-20-9-2-1-3-10-20)24-17-19(25-14-7-13-23-25)16-18-8-4-5-11-21(18)24/h1-5,7-11,13-14,19H,6,12,15-17H2/t19-/m0/s1. The lowest BCUT2D eigenvalue weighted by Crippen LogP contribution is -2.41. The molecular weight excluding hydrogens is 338 g/mol.